The van der Waals surface area contributed by atoms with Crippen molar-refractivity contribution in [3.8, 4) is 5.75 Å². The van der Waals surface area contributed by atoms with E-state index in [1.165, 1.54) is 43.0 Å². The van der Waals surface area contributed by atoms with Gasteiger partial charge in [-0.2, -0.15) is 0 Å². The molecule has 142 valence electrons. The van der Waals surface area contributed by atoms with E-state index in [9.17, 15) is 24.8 Å². The molecule has 1 N–H and O–H groups in total. The lowest BCUT2D eigenvalue weighted by molar-refractivity contribution is -0.385. The fourth-order valence-electron chi connectivity index (χ4n) is 3.04. The Morgan fingerprint density at radius 2 is 2.12 bits per heavy atom. The van der Waals surface area contributed by atoms with Crippen molar-refractivity contribution in [2.24, 2.45) is 5.41 Å². The van der Waals surface area contributed by atoms with Crippen molar-refractivity contribution in [2.75, 3.05) is 40.2 Å². The Labute approximate surface area is 154 Å². The second-order valence-corrected chi connectivity index (χ2v) is 6.82. The van der Waals surface area contributed by atoms with Crippen molar-refractivity contribution in [3.63, 3.8) is 0 Å². The lowest BCUT2D eigenvalue weighted by Gasteiger charge is -2.24. The zero-order chi connectivity index (χ0) is 19.5. The zero-order valence-electron chi connectivity index (χ0n) is 14.7. The standard InChI is InChI=1S/C16H20N2O7S/c1-24-9-16(15(20)21)4-5-17(8-16)14(19)10-6-13(26-3)12(25-2)7-11(10)18(22)23/h6-7H,4-5,8-9H2,1-3H3,(H,20,21). The molecule has 0 saturated carbocycles. The summed E-state index contributed by atoms with van der Waals surface area (Å²) in [6, 6.07) is 2.63. The second kappa shape index (κ2) is 7.92. The maximum absolute atomic E-state index is 12.9. The Hall–Kier alpha value is -2.33. The maximum Gasteiger partial charge on any atom is 0.313 e. The molecule has 1 saturated heterocycles. The molecule has 1 aromatic carbocycles. The van der Waals surface area contributed by atoms with Gasteiger partial charge < -0.3 is 19.5 Å². The van der Waals surface area contributed by atoms with Crippen molar-refractivity contribution < 1.29 is 29.1 Å². The number of carbonyl (C=O) groups is 2. The molecular formula is C16H20N2O7S. The molecule has 0 bridgehead atoms. The number of thioether (sulfide) groups is 1. The molecule has 1 atom stereocenters. The number of carboxylic acids is 1. The molecule has 1 unspecified atom stereocenters. The minimum Gasteiger partial charge on any atom is -0.495 e. The number of ether oxygens (including phenoxy) is 2. The highest BCUT2D eigenvalue weighted by Gasteiger charge is 2.47. The van der Waals surface area contributed by atoms with Gasteiger partial charge >= 0.3 is 5.97 Å². The number of likely N-dealkylation sites (tertiary alicyclic amines) is 1. The van der Waals surface area contributed by atoms with E-state index < -0.39 is 22.2 Å². The molecule has 2 rings (SSSR count). The van der Waals surface area contributed by atoms with Gasteiger partial charge in [-0.3, -0.25) is 19.7 Å². The van der Waals surface area contributed by atoms with Gasteiger partial charge in [0.05, 0.1) is 29.6 Å². The second-order valence-electron chi connectivity index (χ2n) is 5.98. The Morgan fingerprint density at radius 1 is 1.42 bits per heavy atom. The summed E-state index contributed by atoms with van der Waals surface area (Å²) < 4.78 is 10.1. The molecule has 1 amide bonds. The van der Waals surface area contributed by atoms with Crippen LogP contribution >= 0.6 is 11.8 Å². The first-order chi connectivity index (χ1) is 12.3. The van der Waals surface area contributed by atoms with Gasteiger partial charge in [-0.25, -0.2) is 0 Å². The fraction of sp³-hybridized carbons (Fsp3) is 0.500. The highest BCUT2D eigenvalue weighted by molar-refractivity contribution is 7.98. The van der Waals surface area contributed by atoms with E-state index in [-0.39, 0.29) is 37.4 Å². The quantitative estimate of drug-likeness (QED) is 0.430. The van der Waals surface area contributed by atoms with Crippen molar-refractivity contribution in [2.45, 2.75) is 11.3 Å². The molecule has 0 aromatic heterocycles. The molecule has 10 heteroatoms. The summed E-state index contributed by atoms with van der Waals surface area (Å²) in [4.78, 5) is 37.2. The van der Waals surface area contributed by atoms with Crippen molar-refractivity contribution in [1.82, 2.24) is 4.90 Å². The Balaban J connectivity index is 2.41. The summed E-state index contributed by atoms with van der Waals surface area (Å²) in [5.41, 5.74) is -1.66. The Morgan fingerprint density at radius 3 is 2.62 bits per heavy atom. The van der Waals surface area contributed by atoms with Gasteiger partial charge in [0.15, 0.2) is 0 Å². The lowest BCUT2D eigenvalue weighted by atomic mass is 9.88. The summed E-state index contributed by atoms with van der Waals surface area (Å²) in [7, 11) is 2.79. The fourth-order valence-corrected chi connectivity index (χ4v) is 3.62. The summed E-state index contributed by atoms with van der Waals surface area (Å²) in [6.07, 6.45) is 1.99. The van der Waals surface area contributed by atoms with Crippen LogP contribution in [-0.2, 0) is 9.53 Å². The molecule has 1 fully saturated rings. The van der Waals surface area contributed by atoms with Crippen molar-refractivity contribution in [3.05, 3.63) is 27.8 Å². The summed E-state index contributed by atoms with van der Waals surface area (Å²) >= 11 is 1.29. The number of amides is 1. The van der Waals surface area contributed by atoms with Crippen molar-refractivity contribution >= 4 is 29.3 Å². The average Bonchev–Trinajstić information content (AvgIpc) is 3.05. The van der Waals surface area contributed by atoms with Crippen LogP contribution in [0.25, 0.3) is 0 Å². The van der Waals surface area contributed by atoms with E-state index in [1.807, 2.05) is 0 Å². The largest absolute Gasteiger partial charge is 0.495 e. The zero-order valence-corrected chi connectivity index (χ0v) is 15.5. The number of methoxy groups -OCH3 is 2. The van der Waals surface area contributed by atoms with Gasteiger partial charge in [-0.1, -0.05) is 0 Å². The summed E-state index contributed by atoms with van der Waals surface area (Å²) in [5.74, 6) is -1.32. The van der Waals surface area contributed by atoms with Crippen LogP contribution in [0.5, 0.6) is 5.75 Å². The number of carbonyl (C=O) groups excluding carboxylic acids is 1. The number of nitro groups is 1. The van der Waals surface area contributed by atoms with Crippen LogP contribution in [0.4, 0.5) is 5.69 Å². The number of hydrogen-bond donors (Lipinski definition) is 1. The first-order valence-electron chi connectivity index (χ1n) is 7.71. The third-order valence-electron chi connectivity index (χ3n) is 4.44. The Bertz CT molecular complexity index is 740. The third kappa shape index (κ3) is 3.61. The molecule has 1 heterocycles. The first-order valence-corrected chi connectivity index (χ1v) is 8.94. The smallest absolute Gasteiger partial charge is 0.313 e. The van der Waals surface area contributed by atoms with Crippen LogP contribution < -0.4 is 4.74 Å². The molecule has 0 aliphatic carbocycles. The normalized spacial score (nSPS) is 19.4. The first kappa shape index (κ1) is 20.0. The molecule has 26 heavy (non-hydrogen) atoms. The van der Waals surface area contributed by atoms with E-state index in [0.717, 1.165) is 0 Å². The highest BCUT2D eigenvalue weighted by atomic mass is 32.2. The SMILES string of the molecule is COCC1(C(=O)O)CCN(C(=O)c2cc(SC)c(OC)cc2[N+](=O)[O-])C1. The predicted molar refractivity (Wildman–Crippen MR) is 93.9 cm³/mol. The number of rotatable bonds is 7. The topological polar surface area (TPSA) is 119 Å². The van der Waals surface area contributed by atoms with E-state index in [0.29, 0.717) is 10.6 Å². The van der Waals surface area contributed by atoms with E-state index in [4.69, 9.17) is 9.47 Å². The van der Waals surface area contributed by atoms with Crippen molar-refractivity contribution in [1.29, 1.82) is 0 Å². The molecule has 0 radical (unpaired) electrons. The van der Waals surface area contributed by atoms with Crippen LogP contribution in [0.2, 0.25) is 0 Å². The van der Waals surface area contributed by atoms with Gasteiger partial charge in [0, 0.05) is 20.2 Å². The van der Waals surface area contributed by atoms with Gasteiger partial charge in [0.2, 0.25) is 0 Å². The average molecular weight is 384 g/mol. The number of aliphatic carboxylic acids is 1. The monoisotopic (exact) mass is 384 g/mol. The third-order valence-corrected chi connectivity index (χ3v) is 5.20. The van der Waals surface area contributed by atoms with Gasteiger partial charge in [-0.05, 0) is 18.7 Å². The molecule has 1 aliphatic rings. The Kier molecular flexibility index (Phi) is 6.09. The van der Waals surface area contributed by atoms with Gasteiger partial charge in [-0.15, -0.1) is 11.8 Å². The number of nitro benzene ring substituents is 1. The van der Waals surface area contributed by atoms with Crippen LogP contribution in [-0.4, -0.2) is 67.0 Å². The molecule has 0 spiro atoms. The molecular weight excluding hydrogens is 364 g/mol. The summed E-state index contributed by atoms with van der Waals surface area (Å²) in [6.45, 7) is 0.0892. The summed E-state index contributed by atoms with van der Waals surface area (Å²) in [5, 5.41) is 20.9. The van der Waals surface area contributed by atoms with Gasteiger partial charge in [0.1, 0.15) is 16.7 Å². The number of nitrogens with zero attached hydrogens (tertiary/aromatic N) is 2. The molecule has 1 aromatic rings. The van der Waals surface area contributed by atoms with E-state index in [2.05, 4.69) is 0 Å². The maximum atomic E-state index is 12.9. The van der Waals surface area contributed by atoms with Crippen LogP contribution in [0.3, 0.4) is 0 Å². The highest BCUT2D eigenvalue weighted by Crippen LogP contribution is 2.37. The van der Waals surface area contributed by atoms with Crippen LogP contribution in [0.1, 0.15) is 16.8 Å². The van der Waals surface area contributed by atoms with Crippen LogP contribution in [0.15, 0.2) is 17.0 Å². The van der Waals surface area contributed by atoms with E-state index in [1.54, 1.807) is 6.26 Å². The number of hydrogen-bond acceptors (Lipinski definition) is 7. The van der Waals surface area contributed by atoms with Gasteiger partial charge in [0.25, 0.3) is 11.6 Å². The lowest BCUT2D eigenvalue weighted by Crippen LogP contribution is -2.40. The van der Waals surface area contributed by atoms with Crippen LogP contribution in [0, 0.1) is 15.5 Å². The minimum atomic E-state index is -1.20. The number of benzene rings is 1. The van der Waals surface area contributed by atoms with E-state index >= 15 is 0 Å². The predicted octanol–water partition coefficient (Wildman–Crippen LogP) is 1.89. The minimum absolute atomic E-state index is 0.0348. The molecule has 9 nitrogen and oxygen atoms in total. The molecule has 1 aliphatic heterocycles. The number of carboxylic acid groups (broad SMARTS) is 1.